The van der Waals surface area contributed by atoms with E-state index in [1.54, 1.807) is 18.2 Å². The van der Waals surface area contributed by atoms with Crippen LogP contribution in [0.2, 0.25) is 0 Å². The highest BCUT2D eigenvalue weighted by Gasteiger charge is 2.16. The Labute approximate surface area is 129 Å². The first-order valence-corrected chi connectivity index (χ1v) is 7.28. The number of rotatable bonds is 5. The number of hydrogen-bond donors (Lipinski definition) is 2. The molecule has 2 aromatic rings. The largest absolute Gasteiger partial charge is 0.505 e. The van der Waals surface area contributed by atoms with Crippen molar-refractivity contribution >= 4 is 5.97 Å². The maximum Gasteiger partial charge on any atom is 0.335 e. The van der Waals surface area contributed by atoms with Crippen molar-refractivity contribution in [3.8, 4) is 16.9 Å². The molecule has 2 N–H and O–H groups in total. The van der Waals surface area contributed by atoms with Crippen molar-refractivity contribution < 1.29 is 19.4 Å². The van der Waals surface area contributed by atoms with E-state index in [1.165, 1.54) is 18.2 Å². The van der Waals surface area contributed by atoms with E-state index in [0.29, 0.717) is 17.5 Å². The Morgan fingerprint density at radius 2 is 1.82 bits per heavy atom. The third-order valence-electron chi connectivity index (χ3n) is 3.92. The Hall–Kier alpha value is -2.36. The molecule has 0 aromatic heterocycles. The lowest BCUT2D eigenvalue weighted by Gasteiger charge is -2.15. The van der Waals surface area contributed by atoms with Crippen LogP contribution in [-0.2, 0) is 6.42 Å². The summed E-state index contributed by atoms with van der Waals surface area (Å²) in [5.74, 6) is -1.67. The molecule has 116 valence electrons. The molecular weight excluding hydrogens is 283 g/mol. The summed E-state index contributed by atoms with van der Waals surface area (Å²) in [5.41, 5.74) is 2.08. The highest BCUT2D eigenvalue weighted by atomic mass is 19.1. The topological polar surface area (TPSA) is 57.5 Å². The molecule has 0 saturated carbocycles. The fourth-order valence-corrected chi connectivity index (χ4v) is 2.36. The summed E-state index contributed by atoms with van der Waals surface area (Å²) in [6, 6.07) is 9.32. The van der Waals surface area contributed by atoms with E-state index in [4.69, 9.17) is 5.11 Å². The number of aromatic hydroxyl groups is 1. The number of carboxylic acids is 1. The summed E-state index contributed by atoms with van der Waals surface area (Å²) >= 11 is 0. The third-order valence-corrected chi connectivity index (χ3v) is 3.92. The Bertz CT molecular complexity index is 677. The smallest absolute Gasteiger partial charge is 0.335 e. The van der Waals surface area contributed by atoms with Crippen molar-refractivity contribution in [2.24, 2.45) is 5.92 Å². The summed E-state index contributed by atoms with van der Waals surface area (Å²) in [6.45, 7) is 4.06. The normalized spacial score (nSPS) is 12.1. The van der Waals surface area contributed by atoms with E-state index < -0.39 is 11.8 Å². The molecule has 1 atom stereocenters. The molecular formula is C18H19FO3. The fourth-order valence-electron chi connectivity index (χ4n) is 2.36. The van der Waals surface area contributed by atoms with Gasteiger partial charge < -0.3 is 10.2 Å². The molecule has 2 rings (SSSR count). The number of hydrogen-bond acceptors (Lipinski definition) is 2. The van der Waals surface area contributed by atoms with Gasteiger partial charge in [0.15, 0.2) is 11.6 Å². The summed E-state index contributed by atoms with van der Waals surface area (Å²) in [6.07, 6.45) is 1.43. The molecule has 0 spiro atoms. The summed E-state index contributed by atoms with van der Waals surface area (Å²) in [5, 5.41) is 18.6. The lowest BCUT2D eigenvalue weighted by Crippen LogP contribution is -2.03. The molecule has 0 bridgehead atoms. The van der Waals surface area contributed by atoms with Crippen molar-refractivity contribution in [1.29, 1.82) is 0 Å². The number of benzene rings is 2. The van der Waals surface area contributed by atoms with Gasteiger partial charge >= 0.3 is 5.97 Å². The zero-order valence-electron chi connectivity index (χ0n) is 12.6. The van der Waals surface area contributed by atoms with Gasteiger partial charge in [-0.2, -0.15) is 0 Å². The van der Waals surface area contributed by atoms with Gasteiger partial charge in [-0.05, 0) is 47.2 Å². The Morgan fingerprint density at radius 3 is 2.36 bits per heavy atom. The van der Waals surface area contributed by atoms with Gasteiger partial charge in [-0.25, -0.2) is 9.18 Å². The van der Waals surface area contributed by atoms with E-state index in [9.17, 15) is 14.3 Å². The first-order chi connectivity index (χ1) is 10.4. The van der Waals surface area contributed by atoms with E-state index in [1.807, 2.05) is 13.8 Å². The van der Waals surface area contributed by atoms with Gasteiger partial charge in [0.2, 0.25) is 0 Å². The van der Waals surface area contributed by atoms with Crippen molar-refractivity contribution in [2.75, 3.05) is 0 Å². The molecule has 0 amide bonds. The van der Waals surface area contributed by atoms with Crippen LogP contribution in [0.3, 0.4) is 0 Å². The van der Waals surface area contributed by atoms with Crippen molar-refractivity contribution in [2.45, 2.75) is 26.7 Å². The maximum absolute atomic E-state index is 14.3. The van der Waals surface area contributed by atoms with E-state index in [2.05, 4.69) is 0 Å². The van der Waals surface area contributed by atoms with Crippen LogP contribution in [0.25, 0.3) is 11.1 Å². The van der Waals surface area contributed by atoms with E-state index >= 15 is 0 Å². The number of phenols is 1. The molecule has 0 aliphatic carbocycles. The van der Waals surface area contributed by atoms with Crippen LogP contribution in [-0.4, -0.2) is 16.2 Å². The Kier molecular flexibility index (Phi) is 4.81. The van der Waals surface area contributed by atoms with Crippen LogP contribution in [0.5, 0.6) is 5.75 Å². The van der Waals surface area contributed by atoms with Gasteiger partial charge in [0, 0.05) is 0 Å². The van der Waals surface area contributed by atoms with E-state index in [0.717, 1.165) is 12.0 Å². The minimum absolute atomic E-state index is 0.187. The molecule has 22 heavy (non-hydrogen) atoms. The molecule has 0 fully saturated rings. The summed E-state index contributed by atoms with van der Waals surface area (Å²) in [7, 11) is 0. The molecule has 4 heteroatoms. The highest BCUT2D eigenvalue weighted by Crippen LogP contribution is 2.32. The van der Waals surface area contributed by atoms with Crippen LogP contribution in [0.15, 0.2) is 36.4 Å². The molecule has 0 radical (unpaired) electrons. The molecule has 2 aromatic carbocycles. The number of aromatic carboxylic acids is 1. The van der Waals surface area contributed by atoms with Crippen molar-refractivity contribution in [1.82, 2.24) is 0 Å². The Balaban J connectivity index is 2.49. The second-order valence-electron chi connectivity index (χ2n) is 5.52. The maximum atomic E-state index is 14.3. The lowest BCUT2D eigenvalue weighted by molar-refractivity contribution is 0.0697. The second kappa shape index (κ2) is 6.60. The first-order valence-electron chi connectivity index (χ1n) is 7.28. The van der Waals surface area contributed by atoms with Crippen molar-refractivity contribution in [3.63, 3.8) is 0 Å². The van der Waals surface area contributed by atoms with Gasteiger partial charge in [-0.3, -0.25) is 0 Å². The zero-order chi connectivity index (χ0) is 16.3. The van der Waals surface area contributed by atoms with Crippen LogP contribution in [0.4, 0.5) is 4.39 Å². The van der Waals surface area contributed by atoms with Crippen LogP contribution in [0, 0.1) is 11.7 Å². The molecule has 0 saturated heterocycles. The minimum atomic E-state index is -0.997. The van der Waals surface area contributed by atoms with Gasteiger partial charge in [-0.15, -0.1) is 0 Å². The number of carboxylic acid groups (broad SMARTS) is 1. The van der Waals surface area contributed by atoms with Gasteiger partial charge in [0.1, 0.15) is 0 Å². The van der Waals surface area contributed by atoms with Gasteiger partial charge in [0.25, 0.3) is 0 Å². The van der Waals surface area contributed by atoms with Crippen molar-refractivity contribution in [3.05, 3.63) is 53.3 Å². The second-order valence-corrected chi connectivity index (χ2v) is 5.52. The standard InChI is InChI=1S/C18H19FO3/c1-3-11(2)10-15-14(8-9-16(20)17(15)19)12-4-6-13(7-5-12)18(21)22/h4-9,11,20H,3,10H2,1-2H3,(H,21,22)/t11-/m0/s1. The Morgan fingerprint density at radius 1 is 1.18 bits per heavy atom. The van der Waals surface area contributed by atoms with Gasteiger partial charge in [-0.1, -0.05) is 38.5 Å². The summed E-state index contributed by atoms with van der Waals surface area (Å²) < 4.78 is 14.3. The number of carbonyl (C=O) groups is 1. The minimum Gasteiger partial charge on any atom is -0.505 e. The first kappa shape index (κ1) is 16.0. The third kappa shape index (κ3) is 3.27. The fraction of sp³-hybridized carbons (Fsp3) is 0.278. The average molecular weight is 302 g/mol. The average Bonchev–Trinajstić information content (AvgIpc) is 2.52. The highest BCUT2D eigenvalue weighted by molar-refractivity contribution is 5.88. The summed E-state index contributed by atoms with van der Waals surface area (Å²) in [4.78, 5) is 10.9. The predicted molar refractivity (Wildman–Crippen MR) is 83.6 cm³/mol. The molecule has 3 nitrogen and oxygen atoms in total. The number of phenolic OH excluding ortho intramolecular Hbond substituents is 1. The van der Waals surface area contributed by atoms with Crippen LogP contribution >= 0.6 is 0 Å². The molecule has 0 unspecified atom stereocenters. The monoisotopic (exact) mass is 302 g/mol. The quantitative estimate of drug-likeness (QED) is 0.856. The zero-order valence-corrected chi connectivity index (χ0v) is 12.6. The molecule has 0 aliphatic heterocycles. The van der Waals surface area contributed by atoms with E-state index in [-0.39, 0.29) is 17.2 Å². The number of halogens is 1. The SMILES string of the molecule is CC[C@H](C)Cc1c(-c2ccc(C(=O)O)cc2)ccc(O)c1F. The molecule has 0 heterocycles. The molecule has 0 aliphatic rings. The van der Waals surface area contributed by atoms with Crippen LogP contribution < -0.4 is 0 Å². The van der Waals surface area contributed by atoms with Gasteiger partial charge in [0.05, 0.1) is 5.56 Å². The van der Waals surface area contributed by atoms with Crippen LogP contribution in [0.1, 0.15) is 36.2 Å². The predicted octanol–water partition coefficient (Wildman–Crippen LogP) is 4.49. The lowest BCUT2D eigenvalue weighted by atomic mass is 9.91.